The minimum atomic E-state index is -0.226. The average Bonchev–Trinajstić information content (AvgIpc) is 2.38. The van der Waals surface area contributed by atoms with Crippen molar-refractivity contribution < 1.29 is 9.53 Å². The fourth-order valence-electron chi connectivity index (χ4n) is 2.30. The topological polar surface area (TPSA) is 29.5 Å². The molecule has 1 aliphatic heterocycles. The molecule has 1 amide bonds. The van der Waals surface area contributed by atoms with Crippen molar-refractivity contribution in [1.29, 1.82) is 0 Å². The number of ether oxygens (including phenoxy) is 1. The van der Waals surface area contributed by atoms with Gasteiger partial charge in [-0.1, -0.05) is 12.1 Å². The number of rotatable bonds is 3. The molecule has 0 N–H and O–H groups in total. The Kier molecular flexibility index (Phi) is 4.53. The normalized spacial score (nSPS) is 14.2. The first-order chi connectivity index (χ1) is 8.76. The van der Waals surface area contributed by atoms with E-state index >= 15 is 0 Å². The van der Waals surface area contributed by atoms with E-state index in [-0.39, 0.29) is 6.09 Å². The zero-order valence-electron chi connectivity index (χ0n) is 10.9. The maximum Gasteiger partial charge on any atom is 0.414 e. The monoisotopic (exact) mass is 265 g/mol. The van der Waals surface area contributed by atoms with E-state index in [1.165, 1.54) is 11.1 Å². The zero-order valence-corrected chi connectivity index (χ0v) is 11.8. The van der Waals surface area contributed by atoms with E-state index in [1.54, 1.807) is 4.90 Å². The molecule has 0 unspecified atom stereocenters. The highest BCUT2D eigenvalue weighted by molar-refractivity contribution is 7.97. The van der Waals surface area contributed by atoms with Crippen molar-refractivity contribution in [2.24, 2.45) is 0 Å². The third-order valence-corrected chi connectivity index (χ3v) is 3.68. The maximum absolute atomic E-state index is 11.9. The SMILES string of the molecule is CCOC(=O)N1CCCc2cc(CSC)ccc21. The lowest BCUT2D eigenvalue weighted by Gasteiger charge is -2.29. The first kappa shape index (κ1) is 13.3. The molecule has 0 bridgehead atoms. The molecule has 0 aromatic heterocycles. The summed E-state index contributed by atoms with van der Waals surface area (Å²) in [5, 5.41) is 0. The first-order valence-electron chi connectivity index (χ1n) is 6.31. The highest BCUT2D eigenvalue weighted by Gasteiger charge is 2.23. The van der Waals surface area contributed by atoms with E-state index < -0.39 is 0 Å². The molecule has 98 valence electrons. The molecule has 1 heterocycles. The lowest BCUT2D eigenvalue weighted by molar-refractivity contribution is 0.159. The van der Waals surface area contributed by atoms with E-state index in [4.69, 9.17) is 4.74 Å². The predicted octanol–water partition coefficient (Wildman–Crippen LogP) is 3.46. The lowest BCUT2D eigenvalue weighted by atomic mass is 10.00. The third kappa shape index (κ3) is 2.80. The van der Waals surface area contributed by atoms with Crippen molar-refractivity contribution in [3.8, 4) is 0 Å². The number of hydrogen-bond acceptors (Lipinski definition) is 3. The van der Waals surface area contributed by atoms with Crippen LogP contribution in [0.4, 0.5) is 10.5 Å². The standard InChI is InChI=1S/C14H19NO2S/c1-3-17-14(16)15-8-4-5-12-9-11(10-18-2)6-7-13(12)15/h6-7,9H,3-5,8,10H2,1-2H3. The van der Waals surface area contributed by atoms with Crippen LogP contribution in [0.3, 0.4) is 0 Å². The van der Waals surface area contributed by atoms with Gasteiger partial charge < -0.3 is 4.74 Å². The molecule has 1 aromatic carbocycles. The zero-order chi connectivity index (χ0) is 13.0. The van der Waals surface area contributed by atoms with Gasteiger partial charge in [0.15, 0.2) is 0 Å². The number of amides is 1. The highest BCUT2D eigenvalue weighted by atomic mass is 32.2. The molecule has 18 heavy (non-hydrogen) atoms. The second-order valence-electron chi connectivity index (χ2n) is 4.35. The van der Waals surface area contributed by atoms with E-state index in [2.05, 4.69) is 24.5 Å². The van der Waals surface area contributed by atoms with Crippen molar-refractivity contribution in [2.75, 3.05) is 24.3 Å². The average molecular weight is 265 g/mol. The van der Waals surface area contributed by atoms with Crippen molar-refractivity contribution in [3.05, 3.63) is 29.3 Å². The van der Waals surface area contributed by atoms with Gasteiger partial charge in [-0.15, -0.1) is 0 Å². The van der Waals surface area contributed by atoms with Crippen LogP contribution in [0, 0.1) is 0 Å². The highest BCUT2D eigenvalue weighted by Crippen LogP contribution is 2.29. The Morgan fingerprint density at radius 2 is 2.33 bits per heavy atom. The fourth-order valence-corrected chi connectivity index (χ4v) is 2.81. The van der Waals surface area contributed by atoms with E-state index in [0.29, 0.717) is 6.61 Å². The van der Waals surface area contributed by atoms with Gasteiger partial charge in [0.05, 0.1) is 12.3 Å². The number of carbonyl (C=O) groups is 1. The van der Waals surface area contributed by atoms with E-state index in [1.807, 2.05) is 18.7 Å². The van der Waals surface area contributed by atoms with Gasteiger partial charge in [0.2, 0.25) is 0 Å². The number of carbonyl (C=O) groups excluding carboxylic acids is 1. The molecular formula is C14H19NO2S. The van der Waals surface area contributed by atoms with Crippen LogP contribution in [0.15, 0.2) is 18.2 Å². The summed E-state index contributed by atoms with van der Waals surface area (Å²) < 4.78 is 5.10. The summed E-state index contributed by atoms with van der Waals surface area (Å²) >= 11 is 1.82. The number of fused-ring (bicyclic) bond motifs is 1. The molecule has 1 aromatic rings. The van der Waals surface area contributed by atoms with Gasteiger partial charge in [0.25, 0.3) is 0 Å². The van der Waals surface area contributed by atoms with Gasteiger partial charge in [0.1, 0.15) is 0 Å². The smallest absolute Gasteiger partial charge is 0.414 e. The molecule has 0 aliphatic carbocycles. The van der Waals surface area contributed by atoms with Crippen LogP contribution in [0.5, 0.6) is 0 Å². The Bertz CT molecular complexity index is 434. The Morgan fingerprint density at radius 3 is 3.06 bits per heavy atom. The Labute approximate surface area is 113 Å². The summed E-state index contributed by atoms with van der Waals surface area (Å²) in [6, 6.07) is 6.38. The van der Waals surface area contributed by atoms with Gasteiger partial charge >= 0.3 is 6.09 Å². The molecule has 0 spiro atoms. The van der Waals surface area contributed by atoms with Crippen LogP contribution in [-0.2, 0) is 16.9 Å². The van der Waals surface area contributed by atoms with Gasteiger partial charge in [-0.3, -0.25) is 4.90 Å². The van der Waals surface area contributed by atoms with Crippen molar-refractivity contribution in [3.63, 3.8) is 0 Å². The third-order valence-electron chi connectivity index (χ3n) is 3.06. The second kappa shape index (κ2) is 6.14. The Balaban J connectivity index is 2.24. The van der Waals surface area contributed by atoms with Gasteiger partial charge in [0, 0.05) is 12.3 Å². The molecule has 1 aliphatic rings. The summed E-state index contributed by atoms with van der Waals surface area (Å²) in [6.07, 6.45) is 3.93. The Hall–Kier alpha value is -1.16. The van der Waals surface area contributed by atoms with Crippen LogP contribution in [-0.4, -0.2) is 25.5 Å². The maximum atomic E-state index is 11.9. The summed E-state index contributed by atoms with van der Waals surface area (Å²) in [5.74, 6) is 1.02. The number of nitrogens with zero attached hydrogens (tertiary/aromatic N) is 1. The molecule has 0 saturated carbocycles. The van der Waals surface area contributed by atoms with Crippen LogP contribution >= 0.6 is 11.8 Å². The minimum Gasteiger partial charge on any atom is -0.449 e. The predicted molar refractivity (Wildman–Crippen MR) is 76.4 cm³/mol. The molecule has 0 atom stereocenters. The largest absolute Gasteiger partial charge is 0.449 e. The quantitative estimate of drug-likeness (QED) is 0.838. The van der Waals surface area contributed by atoms with Gasteiger partial charge in [-0.2, -0.15) is 11.8 Å². The van der Waals surface area contributed by atoms with Gasteiger partial charge in [-0.05, 0) is 43.2 Å². The fraction of sp³-hybridized carbons (Fsp3) is 0.500. The van der Waals surface area contributed by atoms with Gasteiger partial charge in [-0.25, -0.2) is 4.79 Å². The molecule has 3 nitrogen and oxygen atoms in total. The lowest BCUT2D eigenvalue weighted by Crippen LogP contribution is -2.35. The number of anilines is 1. The second-order valence-corrected chi connectivity index (χ2v) is 5.22. The molecule has 0 saturated heterocycles. The molecule has 4 heteroatoms. The van der Waals surface area contributed by atoms with Crippen LogP contribution in [0.25, 0.3) is 0 Å². The number of thioether (sulfide) groups is 1. The summed E-state index contributed by atoms with van der Waals surface area (Å²) in [5.41, 5.74) is 3.61. The summed E-state index contributed by atoms with van der Waals surface area (Å²) in [6.45, 7) is 3.02. The molecular weight excluding hydrogens is 246 g/mol. The van der Waals surface area contributed by atoms with E-state index in [9.17, 15) is 4.79 Å². The molecule has 0 fully saturated rings. The number of hydrogen-bond donors (Lipinski definition) is 0. The summed E-state index contributed by atoms with van der Waals surface area (Å²) in [4.78, 5) is 13.6. The Morgan fingerprint density at radius 1 is 1.50 bits per heavy atom. The van der Waals surface area contributed by atoms with Crippen LogP contribution in [0.2, 0.25) is 0 Å². The van der Waals surface area contributed by atoms with Crippen LogP contribution < -0.4 is 4.90 Å². The molecule has 2 rings (SSSR count). The first-order valence-corrected chi connectivity index (χ1v) is 7.70. The summed E-state index contributed by atoms with van der Waals surface area (Å²) in [7, 11) is 0. The van der Waals surface area contributed by atoms with Crippen LogP contribution in [0.1, 0.15) is 24.5 Å². The van der Waals surface area contributed by atoms with Crippen molar-refractivity contribution in [2.45, 2.75) is 25.5 Å². The minimum absolute atomic E-state index is 0.226. The molecule has 0 radical (unpaired) electrons. The number of aryl methyl sites for hydroxylation is 1. The van der Waals surface area contributed by atoms with Crippen molar-refractivity contribution >= 4 is 23.5 Å². The van der Waals surface area contributed by atoms with Crippen molar-refractivity contribution in [1.82, 2.24) is 0 Å². The van der Waals surface area contributed by atoms with E-state index in [0.717, 1.165) is 30.8 Å². The number of benzene rings is 1.